The fourth-order valence-corrected chi connectivity index (χ4v) is 2.83. The maximum absolute atomic E-state index is 12.8. The summed E-state index contributed by atoms with van der Waals surface area (Å²) in [5, 5.41) is 0. The predicted molar refractivity (Wildman–Crippen MR) is 122 cm³/mol. The summed E-state index contributed by atoms with van der Waals surface area (Å²) in [4.78, 5) is 25.5. The molecule has 0 fully saturated rings. The van der Waals surface area contributed by atoms with Crippen LogP contribution >= 0.6 is 0 Å². The third-order valence-electron chi connectivity index (χ3n) is 4.26. The highest BCUT2D eigenvalue weighted by Crippen LogP contribution is 2.27. The molecule has 0 aromatic heterocycles. The summed E-state index contributed by atoms with van der Waals surface area (Å²) < 4.78 is 16.1. The second kappa shape index (κ2) is 12.7. The average molecular weight is 423 g/mol. The summed E-state index contributed by atoms with van der Waals surface area (Å²) in [5.41, 5.74) is 0.624. The molecule has 0 bridgehead atoms. The molecule has 1 aromatic rings. The molecule has 1 rings (SSSR count). The van der Waals surface area contributed by atoms with E-state index in [4.69, 9.17) is 14.2 Å². The summed E-state index contributed by atoms with van der Waals surface area (Å²) in [5.74, 6) is -1.06. The minimum atomic E-state index is -0.598. The highest BCUT2D eigenvalue weighted by molar-refractivity contribution is 6.03. The van der Waals surface area contributed by atoms with E-state index in [0.29, 0.717) is 0 Å². The van der Waals surface area contributed by atoms with E-state index in [1.807, 2.05) is 47.6 Å². The topological polar surface area (TPSA) is 61.8 Å². The molecule has 0 aliphatic carbocycles. The maximum atomic E-state index is 12.8. The fourth-order valence-electron chi connectivity index (χ4n) is 2.83. The molecule has 0 N–H and O–H groups in total. The first-order valence-electron chi connectivity index (χ1n) is 10.9. The summed E-state index contributed by atoms with van der Waals surface area (Å²) >= 11 is 0. The summed E-state index contributed by atoms with van der Waals surface area (Å²) in [6.45, 7) is 18.2. The molecular formula is C25H42O5. The van der Waals surface area contributed by atoms with E-state index in [2.05, 4.69) is 13.8 Å². The number of esters is 2. The van der Waals surface area contributed by atoms with Gasteiger partial charge >= 0.3 is 11.9 Å². The van der Waals surface area contributed by atoms with Gasteiger partial charge in [0.05, 0.1) is 17.7 Å². The number of carbonyl (C=O) groups excluding carboxylic acids is 2. The van der Waals surface area contributed by atoms with Crippen LogP contribution < -0.4 is 0 Å². The van der Waals surface area contributed by atoms with Crippen molar-refractivity contribution in [3.63, 3.8) is 0 Å². The Balaban J connectivity index is 0.00000263. The molecule has 0 heterocycles. The number of benzene rings is 1. The van der Waals surface area contributed by atoms with Crippen LogP contribution in [0.2, 0.25) is 0 Å². The number of methoxy groups -OCH3 is 1. The SMILES string of the molecule is CCC.CCCC(C)(C)OC(=O)c1ccc(C(C)(C)C)cc1C(=O)OC(C)COC. The Kier molecular flexibility index (Phi) is 11.9. The summed E-state index contributed by atoms with van der Waals surface area (Å²) in [6.07, 6.45) is 2.47. The molecule has 0 spiro atoms. The van der Waals surface area contributed by atoms with Crippen molar-refractivity contribution >= 4 is 11.9 Å². The molecule has 0 amide bonds. The van der Waals surface area contributed by atoms with Crippen molar-refractivity contribution in [3.8, 4) is 0 Å². The predicted octanol–water partition coefficient (Wildman–Crippen LogP) is 6.33. The van der Waals surface area contributed by atoms with Gasteiger partial charge < -0.3 is 14.2 Å². The lowest BCUT2D eigenvalue weighted by Crippen LogP contribution is -2.29. The fraction of sp³-hybridized carbons (Fsp3) is 0.680. The van der Waals surface area contributed by atoms with Gasteiger partial charge in [-0.2, -0.15) is 0 Å². The van der Waals surface area contributed by atoms with Gasteiger partial charge in [0, 0.05) is 7.11 Å². The lowest BCUT2D eigenvalue weighted by Gasteiger charge is -2.26. The van der Waals surface area contributed by atoms with Crippen LogP contribution in [0.4, 0.5) is 0 Å². The van der Waals surface area contributed by atoms with Crippen LogP contribution in [0.3, 0.4) is 0 Å². The number of ether oxygens (including phenoxy) is 3. The number of hydrogen-bond acceptors (Lipinski definition) is 5. The van der Waals surface area contributed by atoms with Crippen LogP contribution in [0.1, 0.15) is 108 Å². The number of hydrogen-bond donors (Lipinski definition) is 0. The van der Waals surface area contributed by atoms with Crippen LogP contribution in [0.15, 0.2) is 18.2 Å². The van der Waals surface area contributed by atoms with Crippen molar-refractivity contribution in [2.24, 2.45) is 0 Å². The Bertz CT molecular complexity index is 671. The third kappa shape index (κ3) is 9.75. The van der Waals surface area contributed by atoms with E-state index in [0.717, 1.165) is 18.4 Å². The van der Waals surface area contributed by atoms with Crippen LogP contribution in [-0.4, -0.2) is 37.4 Å². The van der Waals surface area contributed by atoms with Crippen LogP contribution in [-0.2, 0) is 19.6 Å². The lowest BCUT2D eigenvalue weighted by atomic mass is 9.85. The van der Waals surface area contributed by atoms with Crippen molar-refractivity contribution < 1.29 is 23.8 Å². The molecule has 0 saturated carbocycles. The Labute approximate surface area is 183 Å². The number of rotatable bonds is 8. The smallest absolute Gasteiger partial charge is 0.339 e. The molecule has 172 valence electrons. The zero-order valence-corrected chi connectivity index (χ0v) is 20.7. The van der Waals surface area contributed by atoms with E-state index < -0.39 is 23.6 Å². The Morgan fingerprint density at radius 3 is 2.00 bits per heavy atom. The van der Waals surface area contributed by atoms with Gasteiger partial charge in [0.25, 0.3) is 0 Å². The zero-order valence-electron chi connectivity index (χ0n) is 20.7. The first-order chi connectivity index (χ1) is 13.8. The normalized spacial score (nSPS) is 12.5. The Hall–Kier alpha value is -1.88. The van der Waals surface area contributed by atoms with E-state index in [1.165, 1.54) is 6.42 Å². The first-order valence-corrected chi connectivity index (χ1v) is 10.9. The lowest BCUT2D eigenvalue weighted by molar-refractivity contribution is -0.00583. The highest BCUT2D eigenvalue weighted by Gasteiger charge is 2.28. The molecule has 0 radical (unpaired) electrons. The highest BCUT2D eigenvalue weighted by atomic mass is 16.6. The third-order valence-corrected chi connectivity index (χ3v) is 4.26. The van der Waals surface area contributed by atoms with Crippen LogP contribution in [0, 0.1) is 0 Å². The summed E-state index contributed by atoms with van der Waals surface area (Å²) in [6, 6.07) is 5.24. The monoisotopic (exact) mass is 422 g/mol. The molecule has 0 aliphatic rings. The van der Waals surface area contributed by atoms with Crippen LogP contribution in [0.25, 0.3) is 0 Å². The molecule has 0 saturated heterocycles. The molecule has 5 heteroatoms. The maximum Gasteiger partial charge on any atom is 0.339 e. The number of carbonyl (C=O) groups is 2. The molecule has 0 aliphatic heterocycles. The van der Waals surface area contributed by atoms with Gasteiger partial charge in [-0.05, 0) is 50.3 Å². The van der Waals surface area contributed by atoms with Gasteiger partial charge in [-0.3, -0.25) is 0 Å². The van der Waals surface area contributed by atoms with Crippen LogP contribution in [0.5, 0.6) is 0 Å². The first kappa shape index (κ1) is 28.1. The second-order valence-corrected chi connectivity index (χ2v) is 9.29. The largest absolute Gasteiger partial charge is 0.457 e. The van der Waals surface area contributed by atoms with Gasteiger partial charge in [0.1, 0.15) is 11.7 Å². The van der Waals surface area contributed by atoms with E-state index >= 15 is 0 Å². The van der Waals surface area contributed by atoms with Gasteiger partial charge in [-0.25, -0.2) is 9.59 Å². The minimum absolute atomic E-state index is 0.170. The Morgan fingerprint density at radius 1 is 0.967 bits per heavy atom. The average Bonchev–Trinajstić information content (AvgIpc) is 2.60. The van der Waals surface area contributed by atoms with E-state index in [9.17, 15) is 9.59 Å². The van der Waals surface area contributed by atoms with Crippen molar-refractivity contribution in [3.05, 3.63) is 34.9 Å². The van der Waals surface area contributed by atoms with Gasteiger partial charge in [0.2, 0.25) is 0 Å². The standard InChI is InChI=1S/C22H34O5.C3H8/c1-9-12-22(6,7)27-20(24)17-11-10-16(21(3,4)5)13-18(17)19(23)26-15(2)14-25-8;1-3-2/h10-11,13,15H,9,12,14H2,1-8H3;3H2,1-2H3. The second-order valence-electron chi connectivity index (χ2n) is 9.29. The molecule has 1 aromatic carbocycles. The van der Waals surface area contributed by atoms with Gasteiger partial charge in [-0.1, -0.05) is 60.5 Å². The van der Waals surface area contributed by atoms with Crippen molar-refractivity contribution in [1.82, 2.24) is 0 Å². The van der Waals surface area contributed by atoms with E-state index in [-0.39, 0.29) is 23.1 Å². The van der Waals surface area contributed by atoms with Gasteiger partial charge in [0.15, 0.2) is 0 Å². The van der Waals surface area contributed by atoms with Crippen molar-refractivity contribution in [2.45, 2.75) is 98.7 Å². The van der Waals surface area contributed by atoms with E-state index in [1.54, 1.807) is 26.2 Å². The molecule has 5 nitrogen and oxygen atoms in total. The zero-order chi connectivity index (χ0) is 23.5. The van der Waals surface area contributed by atoms with Crippen molar-refractivity contribution in [1.29, 1.82) is 0 Å². The minimum Gasteiger partial charge on any atom is -0.457 e. The molecule has 1 unspecified atom stereocenters. The van der Waals surface area contributed by atoms with Gasteiger partial charge in [-0.15, -0.1) is 0 Å². The van der Waals surface area contributed by atoms with Crippen molar-refractivity contribution in [2.75, 3.05) is 13.7 Å². The molecular weight excluding hydrogens is 380 g/mol. The Morgan fingerprint density at radius 2 is 1.53 bits per heavy atom. The quantitative estimate of drug-likeness (QED) is 0.458. The molecule has 1 atom stereocenters. The molecule has 30 heavy (non-hydrogen) atoms. The summed E-state index contributed by atoms with van der Waals surface area (Å²) in [7, 11) is 1.54.